The van der Waals surface area contributed by atoms with E-state index in [9.17, 15) is 5.11 Å². The molecule has 1 aromatic rings. The van der Waals surface area contributed by atoms with Crippen LogP contribution in [-0.4, -0.2) is 28.3 Å². The molecule has 2 rings (SSSR count). The molecule has 1 aliphatic rings. The first-order valence-electron chi connectivity index (χ1n) is 6.27. The van der Waals surface area contributed by atoms with Crippen molar-refractivity contribution in [1.29, 1.82) is 0 Å². The van der Waals surface area contributed by atoms with Crippen LogP contribution in [0, 0.1) is 0 Å². The highest BCUT2D eigenvalue weighted by Crippen LogP contribution is 2.40. The molecule has 2 N–H and O–H groups in total. The van der Waals surface area contributed by atoms with Gasteiger partial charge in [0, 0.05) is 17.3 Å². The lowest BCUT2D eigenvalue weighted by Crippen LogP contribution is -2.47. The maximum absolute atomic E-state index is 9.55. The third-order valence-electron chi connectivity index (χ3n) is 3.56. The average Bonchev–Trinajstić information content (AvgIpc) is 2.79. The minimum atomic E-state index is 0.190. The van der Waals surface area contributed by atoms with Crippen LogP contribution in [0.25, 0.3) is 0 Å². The summed E-state index contributed by atoms with van der Waals surface area (Å²) in [5.41, 5.74) is 1.28. The molecule has 1 aromatic carbocycles. The Morgan fingerprint density at radius 1 is 1.41 bits per heavy atom. The number of aliphatic hydroxyl groups is 1. The van der Waals surface area contributed by atoms with Gasteiger partial charge in [-0.1, -0.05) is 30.3 Å². The van der Waals surface area contributed by atoms with Crippen LogP contribution in [0.5, 0.6) is 0 Å². The van der Waals surface area contributed by atoms with Crippen molar-refractivity contribution in [3.05, 3.63) is 35.9 Å². The lowest BCUT2D eigenvalue weighted by molar-refractivity contribution is 0.214. The van der Waals surface area contributed by atoms with E-state index < -0.39 is 0 Å². The van der Waals surface area contributed by atoms with Gasteiger partial charge in [0.25, 0.3) is 0 Å². The zero-order chi connectivity index (χ0) is 12.1. The van der Waals surface area contributed by atoms with Crippen LogP contribution < -0.4 is 5.32 Å². The van der Waals surface area contributed by atoms with Gasteiger partial charge >= 0.3 is 0 Å². The Kier molecular flexibility index (Phi) is 4.48. The van der Waals surface area contributed by atoms with E-state index in [4.69, 9.17) is 0 Å². The summed E-state index contributed by atoms with van der Waals surface area (Å²) < 4.78 is 0.198. The van der Waals surface area contributed by atoms with E-state index in [0.29, 0.717) is 0 Å². The number of rotatable bonds is 5. The van der Waals surface area contributed by atoms with Crippen molar-refractivity contribution in [2.45, 2.75) is 37.1 Å². The highest BCUT2D eigenvalue weighted by atomic mass is 32.2. The third kappa shape index (κ3) is 3.24. The standard InChI is InChI=1S/C14H21NOS/c1-14(8-5-9-17-14)13(11-16)15-10-12-6-3-2-4-7-12/h2-4,6-7,13,15-16H,5,8-11H2,1H3. The van der Waals surface area contributed by atoms with Crippen molar-refractivity contribution in [3.8, 4) is 0 Å². The Hall–Kier alpha value is -0.510. The number of benzene rings is 1. The first-order chi connectivity index (χ1) is 8.24. The molecule has 0 spiro atoms. The van der Waals surface area contributed by atoms with Crippen molar-refractivity contribution in [3.63, 3.8) is 0 Å². The predicted molar refractivity (Wildman–Crippen MR) is 74.3 cm³/mol. The predicted octanol–water partition coefficient (Wildman–Crippen LogP) is 2.42. The highest BCUT2D eigenvalue weighted by Gasteiger charge is 2.37. The minimum absolute atomic E-state index is 0.190. The molecule has 2 nitrogen and oxygen atoms in total. The molecular weight excluding hydrogens is 230 g/mol. The van der Waals surface area contributed by atoms with Crippen molar-refractivity contribution in [2.24, 2.45) is 0 Å². The second kappa shape index (κ2) is 5.89. The van der Waals surface area contributed by atoms with Crippen molar-refractivity contribution in [1.82, 2.24) is 5.32 Å². The van der Waals surface area contributed by atoms with E-state index in [1.54, 1.807) is 0 Å². The summed E-state index contributed by atoms with van der Waals surface area (Å²) in [7, 11) is 0. The molecule has 2 unspecified atom stereocenters. The van der Waals surface area contributed by atoms with Gasteiger partial charge in [-0.05, 0) is 31.1 Å². The fourth-order valence-corrected chi connectivity index (χ4v) is 3.79. The summed E-state index contributed by atoms with van der Waals surface area (Å²) in [4.78, 5) is 0. The zero-order valence-electron chi connectivity index (χ0n) is 10.4. The maximum atomic E-state index is 9.55. The molecule has 2 atom stereocenters. The first-order valence-corrected chi connectivity index (χ1v) is 7.25. The van der Waals surface area contributed by atoms with Crippen LogP contribution in [-0.2, 0) is 6.54 Å². The number of thioether (sulfide) groups is 1. The van der Waals surface area contributed by atoms with Gasteiger partial charge < -0.3 is 10.4 Å². The molecular formula is C14H21NOS. The second-order valence-electron chi connectivity index (χ2n) is 4.87. The van der Waals surface area contributed by atoms with Crippen LogP contribution in [0.2, 0.25) is 0 Å². The average molecular weight is 251 g/mol. The minimum Gasteiger partial charge on any atom is -0.395 e. The Morgan fingerprint density at radius 2 is 2.18 bits per heavy atom. The molecule has 0 saturated carbocycles. The van der Waals surface area contributed by atoms with Gasteiger partial charge in [-0.3, -0.25) is 0 Å². The molecule has 3 heteroatoms. The monoisotopic (exact) mass is 251 g/mol. The number of aliphatic hydroxyl groups excluding tert-OH is 1. The second-order valence-corrected chi connectivity index (χ2v) is 6.50. The van der Waals surface area contributed by atoms with E-state index in [2.05, 4.69) is 36.5 Å². The van der Waals surface area contributed by atoms with Gasteiger partial charge in [0.15, 0.2) is 0 Å². The van der Waals surface area contributed by atoms with Crippen molar-refractivity contribution in [2.75, 3.05) is 12.4 Å². The van der Waals surface area contributed by atoms with Crippen molar-refractivity contribution < 1.29 is 5.11 Å². The van der Waals surface area contributed by atoms with Crippen LogP contribution in [0.3, 0.4) is 0 Å². The van der Waals surface area contributed by atoms with E-state index in [-0.39, 0.29) is 17.4 Å². The zero-order valence-corrected chi connectivity index (χ0v) is 11.2. The number of nitrogens with one attached hydrogen (secondary N) is 1. The van der Waals surface area contributed by atoms with Gasteiger partial charge in [-0.15, -0.1) is 0 Å². The first kappa shape index (κ1) is 12.9. The quantitative estimate of drug-likeness (QED) is 0.843. The Balaban J connectivity index is 1.92. The Bertz CT molecular complexity index is 335. The van der Waals surface area contributed by atoms with Gasteiger partial charge in [-0.25, -0.2) is 0 Å². The van der Waals surface area contributed by atoms with Crippen LogP contribution in [0.4, 0.5) is 0 Å². The smallest absolute Gasteiger partial charge is 0.0598 e. The number of hydrogen-bond donors (Lipinski definition) is 2. The molecule has 94 valence electrons. The lowest BCUT2D eigenvalue weighted by Gasteiger charge is -2.32. The topological polar surface area (TPSA) is 32.3 Å². The van der Waals surface area contributed by atoms with Gasteiger partial charge in [0.2, 0.25) is 0 Å². The molecule has 0 aromatic heterocycles. The summed E-state index contributed by atoms with van der Waals surface area (Å²) in [6, 6.07) is 10.6. The summed E-state index contributed by atoms with van der Waals surface area (Å²) >= 11 is 1.99. The summed E-state index contributed by atoms with van der Waals surface area (Å²) in [6.45, 7) is 3.32. The SMILES string of the molecule is CC1(C(CO)NCc2ccccc2)CCCS1. The van der Waals surface area contributed by atoms with E-state index in [1.807, 2.05) is 17.8 Å². The molecule has 0 amide bonds. The van der Waals surface area contributed by atoms with E-state index >= 15 is 0 Å². The van der Waals surface area contributed by atoms with Crippen LogP contribution in [0.1, 0.15) is 25.3 Å². The molecule has 0 aliphatic carbocycles. The van der Waals surface area contributed by atoms with Crippen LogP contribution in [0.15, 0.2) is 30.3 Å². The van der Waals surface area contributed by atoms with E-state index in [0.717, 1.165) is 6.54 Å². The molecule has 1 heterocycles. The molecule has 0 radical (unpaired) electrons. The van der Waals surface area contributed by atoms with E-state index in [1.165, 1.54) is 24.2 Å². The lowest BCUT2D eigenvalue weighted by atomic mass is 9.96. The van der Waals surface area contributed by atoms with Gasteiger partial charge in [0.1, 0.15) is 0 Å². The highest BCUT2D eigenvalue weighted by molar-refractivity contribution is 8.00. The molecule has 0 bridgehead atoms. The molecule has 1 fully saturated rings. The summed E-state index contributed by atoms with van der Waals surface area (Å²) in [6.07, 6.45) is 2.47. The Labute approximate surface area is 108 Å². The largest absolute Gasteiger partial charge is 0.395 e. The fourth-order valence-electron chi connectivity index (χ4n) is 2.39. The van der Waals surface area contributed by atoms with Crippen LogP contribution >= 0.6 is 11.8 Å². The molecule has 1 aliphatic heterocycles. The fraction of sp³-hybridized carbons (Fsp3) is 0.571. The maximum Gasteiger partial charge on any atom is 0.0598 e. The third-order valence-corrected chi connectivity index (χ3v) is 5.21. The van der Waals surface area contributed by atoms with Gasteiger partial charge in [0.05, 0.1) is 6.61 Å². The normalized spacial score (nSPS) is 26.0. The van der Waals surface area contributed by atoms with Gasteiger partial charge in [-0.2, -0.15) is 11.8 Å². The van der Waals surface area contributed by atoms with Crippen molar-refractivity contribution >= 4 is 11.8 Å². The molecule has 17 heavy (non-hydrogen) atoms. The summed E-state index contributed by atoms with van der Waals surface area (Å²) in [5, 5.41) is 13.1. The Morgan fingerprint density at radius 3 is 2.76 bits per heavy atom. The molecule has 1 saturated heterocycles. The summed E-state index contributed by atoms with van der Waals surface area (Å²) in [5.74, 6) is 1.22. The number of hydrogen-bond acceptors (Lipinski definition) is 3.